The third-order valence-electron chi connectivity index (χ3n) is 2.05. The summed E-state index contributed by atoms with van der Waals surface area (Å²) in [6.45, 7) is -1.24. The zero-order chi connectivity index (χ0) is 12.9. The van der Waals surface area contributed by atoms with Gasteiger partial charge in [-0.15, -0.1) is 0 Å². The number of rotatable bonds is 5. The SMILES string of the molecule is COc1cccc(C(CI)OCC(F)(F)F)c1. The molecule has 0 heterocycles. The van der Waals surface area contributed by atoms with Crippen LogP contribution in [0, 0.1) is 0 Å². The topological polar surface area (TPSA) is 18.5 Å². The molecule has 0 amide bonds. The van der Waals surface area contributed by atoms with Crippen LogP contribution in [0.25, 0.3) is 0 Å². The van der Waals surface area contributed by atoms with E-state index < -0.39 is 18.9 Å². The first kappa shape index (κ1) is 14.6. The summed E-state index contributed by atoms with van der Waals surface area (Å²) >= 11 is 2.00. The van der Waals surface area contributed by atoms with E-state index in [4.69, 9.17) is 9.47 Å². The molecule has 0 aliphatic rings. The molecule has 0 aliphatic heterocycles. The normalized spacial score (nSPS) is 13.5. The molecule has 2 nitrogen and oxygen atoms in total. The third kappa shape index (κ3) is 5.12. The van der Waals surface area contributed by atoms with Crippen molar-refractivity contribution < 1.29 is 22.6 Å². The fraction of sp³-hybridized carbons (Fsp3) is 0.455. The van der Waals surface area contributed by atoms with Crippen LogP contribution in [-0.2, 0) is 4.74 Å². The molecule has 1 aromatic rings. The second-order valence-corrected chi connectivity index (χ2v) is 4.23. The molecule has 0 N–H and O–H groups in total. The Hall–Kier alpha value is -0.500. The lowest BCUT2D eigenvalue weighted by Gasteiger charge is -2.17. The van der Waals surface area contributed by atoms with Crippen molar-refractivity contribution in [2.24, 2.45) is 0 Å². The van der Waals surface area contributed by atoms with Crippen LogP contribution in [0.5, 0.6) is 5.75 Å². The highest BCUT2D eigenvalue weighted by Crippen LogP contribution is 2.26. The van der Waals surface area contributed by atoms with Crippen LogP contribution in [0.4, 0.5) is 13.2 Å². The van der Waals surface area contributed by atoms with Gasteiger partial charge in [-0.1, -0.05) is 34.7 Å². The summed E-state index contributed by atoms with van der Waals surface area (Å²) < 4.78 is 46.5. The molecular formula is C11H12F3IO2. The molecule has 0 saturated carbocycles. The zero-order valence-electron chi connectivity index (χ0n) is 9.13. The largest absolute Gasteiger partial charge is 0.497 e. The lowest BCUT2D eigenvalue weighted by atomic mass is 10.1. The fourth-order valence-electron chi connectivity index (χ4n) is 1.27. The van der Waals surface area contributed by atoms with Gasteiger partial charge in [-0.2, -0.15) is 13.2 Å². The van der Waals surface area contributed by atoms with E-state index in [1.807, 2.05) is 22.6 Å². The number of halogens is 4. The first-order valence-electron chi connectivity index (χ1n) is 4.84. The van der Waals surface area contributed by atoms with E-state index in [2.05, 4.69) is 0 Å². The molecule has 17 heavy (non-hydrogen) atoms. The molecule has 1 unspecified atom stereocenters. The maximum atomic E-state index is 12.1. The smallest absolute Gasteiger partial charge is 0.411 e. The van der Waals surface area contributed by atoms with Crippen LogP contribution in [0.3, 0.4) is 0 Å². The van der Waals surface area contributed by atoms with Gasteiger partial charge in [0.15, 0.2) is 0 Å². The predicted molar refractivity (Wildman–Crippen MR) is 66.6 cm³/mol. The first-order valence-corrected chi connectivity index (χ1v) is 6.37. The maximum absolute atomic E-state index is 12.1. The Bertz CT molecular complexity index is 355. The highest BCUT2D eigenvalue weighted by molar-refractivity contribution is 14.1. The van der Waals surface area contributed by atoms with Gasteiger partial charge in [0.1, 0.15) is 12.4 Å². The van der Waals surface area contributed by atoms with Crippen molar-refractivity contribution >= 4 is 22.6 Å². The summed E-state index contributed by atoms with van der Waals surface area (Å²) in [5.41, 5.74) is 0.683. The minimum absolute atomic E-state index is 0.445. The summed E-state index contributed by atoms with van der Waals surface area (Å²) in [6, 6.07) is 6.86. The van der Waals surface area contributed by atoms with Crippen LogP contribution in [0.2, 0.25) is 0 Å². The highest BCUT2D eigenvalue weighted by Gasteiger charge is 2.29. The van der Waals surface area contributed by atoms with E-state index in [-0.39, 0.29) is 0 Å². The monoisotopic (exact) mass is 360 g/mol. The Morgan fingerprint density at radius 1 is 1.35 bits per heavy atom. The Morgan fingerprint density at radius 3 is 2.59 bits per heavy atom. The van der Waals surface area contributed by atoms with E-state index in [0.717, 1.165) is 0 Å². The summed E-state index contributed by atoms with van der Waals surface area (Å²) in [4.78, 5) is 0. The Morgan fingerprint density at radius 2 is 2.06 bits per heavy atom. The van der Waals surface area contributed by atoms with Crippen LogP contribution >= 0.6 is 22.6 Å². The van der Waals surface area contributed by atoms with Gasteiger partial charge in [-0.25, -0.2) is 0 Å². The number of alkyl halides is 4. The quantitative estimate of drug-likeness (QED) is 0.588. The lowest BCUT2D eigenvalue weighted by molar-refractivity contribution is -0.183. The zero-order valence-corrected chi connectivity index (χ0v) is 11.3. The van der Waals surface area contributed by atoms with Crippen molar-refractivity contribution in [2.75, 3.05) is 18.1 Å². The summed E-state index contributed by atoms with van der Waals surface area (Å²) in [5, 5.41) is 0. The van der Waals surface area contributed by atoms with Gasteiger partial charge in [-0.3, -0.25) is 0 Å². The van der Waals surface area contributed by atoms with E-state index in [1.54, 1.807) is 24.3 Å². The maximum Gasteiger partial charge on any atom is 0.411 e. The Labute approximate surface area is 111 Å². The molecule has 96 valence electrons. The van der Waals surface area contributed by atoms with E-state index in [0.29, 0.717) is 15.7 Å². The number of ether oxygens (including phenoxy) is 2. The number of hydrogen-bond donors (Lipinski definition) is 0. The number of hydrogen-bond acceptors (Lipinski definition) is 2. The average molecular weight is 360 g/mol. The van der Waals surface area contributed by atoms with Crippen molar-refractivity contribution in [3.63, 3.8) is 0 Å². The highest BCUT2D eigenvalue weighted by atomic mass is 127. The molecular weight excluding hydrogens is 348 g/mol. The molecule has 1 rings (SSSR count). The molecule has 1 aromatic carbocycles. The molecule has 6 heteroatoms. The molecule has 0 fully saturated rings. The van der Waals surface area contributed by atoms with Crippen LogP contribution in [-0.4, -0.2) is 24.3 Å². The van der Waals surface area contributed by atoms with Crippen LogP contribution in [0.15, 0.2) is 24.3 Å². The van der Waals surface area contributed by atoms with Crippen molar-refractivity contribution in [3.8, 4) is 5.75 Å². The molecule has 0 spiro atoms. The van der Waals surface area contributed by atoms with E-state index in [9.17, 15) is 13.2 Å². The van der Waals surface area contributed by atoms with Crippen LogP contribution < -0.4 is 4.74 Å². The third-order valence-corrected chi connectivity index (χ3v) is 2.85. The fourth-order valence-corrected chi connectivity index (χ4v) is 2.03. The minimum Gasteiger partial charge on any atom is -0.497 e. The predicted octanol–water partition coefficient (Wildman–Crippen LogP) is 3.75. The number of benzene rings is 1. The second-order valence-electron chi connectivity index (χ2n) is 3.35. The number of methoxy groups -OCH3 is 1. The van der Waals surface area contributed by atoms with Gasteiger partial charge in [0.2, 0.25) is 0 Å². The van der Waals surface area contributed by atoms with Gasteiger partial charge < -0.3 is 9.47 Å². The summed E-state index contributed by atoms with van der Waals surface area (Å²) in [7, 11) is 1.51. The lowest BCUT2D eigenvalue weighted by Crippen LogP contribution is -2.20. The minimum atomic E-state index is -4.30. The van der Waals surface area contributed by atoms with Crippen molar-refractivity contribution in [2.45, 2.75) is 12.3 Å². The Balaban J connectivity index is 2.72. The van der Waals surface area contributed by atoms with Gasteiger partial charge in [0.25, 0.3) is 0 Å². The van der Waals surface area contributed by atoms with Gasteiger partial charge in [-0.05, 0) is 17.7 Å². The summed E-state index contributed by atoms with van der Waals surface area (Å²) in [5.74, 6) is 0.605. The second kappa shape index (κ2) is 6.44. The standard InChI is InChI=1S/C11H12F3IO2/c1-16-9-4-2-3-8(5-9)10(6-15)17-7-11(12,13)14/h2-5,10H,6-7H2,1H3. The molecule has 0 bridgehead atoms. The first-order chi connectivity index (χ1) is 7.96. The molecule has 0 radical (unpaired) electrons. The molecule has 0 aromatic heterocycles. The van der Waals surface area contributed by atoms with E-state index in [1.165, 1.54) is 7.11 Å². The van der Waals surface area contributed by atoms with Gasteiger partial charge in [0, 0.05) is 4.43 Å². The van der Waals surface area contributed by atoms with Crippen molar-refractivity contribution in [1.82, 2.24) is 0 Å². The Kier molecular flexibility index (Phi) is 5.51. The van der Waals surface area contributed by atoms with Crippen molar-refractivity contribution in [1.29, 1.82) is 0 Å². The van der Waals surface area contributed by atoms with Crippen LogP contribution in [0.1, 0.15) is 11.7 Å². The molecule has 1 atom stereocenters. The molecule has 0 aliphatic carbocycles. The van der Waals surface area contributed by atoms with Gasteiger partial charge >= 0.3 is 6.18 Å². The molecule has 0 saturated heterocycles. The van der Waals surface area contributed by atoms with Gasteiger partial charge in [0.05, 0.1) is 13.2 Å². The summed E-state index contributed by atoms with van der Waals surface area (Å²) in [6.07, 6.45) is -4.88. The average Bonchev–Trinajstić information content (AvgIpc) is 2.29. The van der Waals surface area contributed by atoms with Crippen molar-refractivity contribution in [3.05, 3.63) is 29.8 Å². The van der Waals surface area contributed by atoms with E-state index >= 15 is 0 Å².